The van der Waals surface area contributed by atoms with Gasteiger partial charge >= 0.3 is 0 Å². The summed E-state index contributed by atoms with van der Waals surface area (Å²) in [5.74, 6) is 5.98. The van der Waals surface area contributed by atoms with Gasteiger partial charge in [0.05, 0.1) is 11.4 Å². The maximum Gasteiger partial charge on any atom is 0.244 e. The lowest BCUT2D eigenvalue weighted by Crippen LogP contribution is -2.31. The van der Waals surface area contributed by atoms with Crippen molar-refractivity contribution in [2.75, 3.05) is 13.1 Å². The molecule has 2 aromatic rings. The minimum Gasteiger partial charge on any atom is -0.207 e. The van der Waals surface area contributed by atoms with Crippen molar-refractivity contribution in [2.24, 2.45) is 0 Å². The van der Waals surface area contributed by atoms with Crippen LogP contribution in [0.3, 0.4) is 0 Å². The fourth-order valence-electron chi connectivity index (χ4n) is 2.11. The van der Waals surface area contributed by atoms with E-state index in [1.165, 1.54) is 4.31 Å². The normalized spacial score (nSPS) is 11.5. The number of rotatable bonds is 6. The van der Waals surface area contributed by atoms with Crippen LogP contribution in [-0.4, -0.2) is 25.8 Å². The van der Waals surface area contributed by atoms with Gasteiger partial charge < -0.3 is 0 Å². The fraction of sp³-hybridized carbons (Fsp3) is 0.200. The van der Waals surface area contributed by atoms with Gasteiger partial charge in [0.2, 0.25) is 10.0 Å². The topological polar surface area (TPSA) is 37.4 Å². The first kappa shape index (κ1) is 19.5. The molecule has 0 saturated carbocycles. The maximum absolute atomic E-state index is 12.9. The van der Waals surface area contributed by atoms with Crippen LogP contribution in [0.15, 0.2) is 76.1 Å². The Morgan fingerprint density at radius 3 is 2.36 bits per heavy atom. The van der Waals surface area contributed by atoms with Crippen LogP contribution in [0.4, 0.5) is 0 Å². The molecule has 0 aliphatic rings. The van der Waals surface area contributed by atoms with Crippen molar-refractivity contribution < 1.29 is 8.42 Å². The summed E-state index contributed by atoms with van der Waals surface area (Å²) in [6.07, 6.45) is 4.68. The molecule has 130 valence electrons. The SMILES string of the molecule is CCC=CCN(CC#Cc1ccccc1)S(=O)(=O)c1ccc(Br)cc1. The lowest BCUT2D eigenvalue weighted by atomic mass is 10.2. The van der Waals surface area contributed by atoms with Crippen LogP contribution in [-0.2, 0) is 10.0 Å². The molecule has 2 rings (SSSR count). The second kappa shape index (κ2) is 9.57. The van der Waals surface area contributed by atoms with Crippen LogP contribution in [0.2, 0.25) is 0 Å². The predicted octanol–water partition coefficient (Wildman–Crippen LogP) is 4.46. The van der Waals surface area contributed by atoms with E-state index in [4.69, 9.17) is 0 Å². The molecule has 5 heteroatoms. The van der Waals surface area contributed by atoms with E-state index in [1.807, 2.05) is 49.4 Å². The zero-order valence-electron chi connectivity index (χ0n) is 14.0. The monoisotopic (exact) mass is 417 g/mol. The van der Waals surface area contributed by atoms with E-state index in [9.17, 15) is 8.42 Å². The van der Waals surface area contributed by atoms with Gasteiger partial charge in [-0.1, -0.05) is 65.0 Å². The second-order valence-electron chi connectivity index (χ2n) is 5.30. The van der Waals surface area contributed by atoms with Crippen LogP contribution in [0, 0.1) is 11.8 Å². The van der Waals surface area contributed by atoms with E-state index >= 15 is 0 Å². The molecule has 0 saturated heterocycles. The van der Waals surface area contributed by atoms with Crippen molar-refractivity contribution in [1.29, 1.82) is 0 Å². The molecule has 0 bridgehead atoms. The molecule has 0 amide bonds. The molecule has 0 aliphatic carbocycles. The summed E-state index contributed by atoms with van der Waals surface area (Å²) in [6.45, 7) is 2.45. The van der Waals surface area contributed by atoms with Crippen molar-refractivity contribution >= 4 is 26.0 Å². The quantitative estimate of drug-likeness (QED) is 0.513. The van der Waals surface area contributed by atoms with E-state index in [1.54, 1.807) is 24.3 Å². The molecule has 2 aromatic carbocycles. The van der Waals surface area contributed by atoms with Crippen LogP contribution in [0.1, 0.15) is 18.9 Å². The summed E-state index contributed by atoms with van der Waals surface area (Å²) in [5.41, 5.74) is 0.868. The molecule has 0 N–H and O–H groups in total. The molecule has 0 spiro atoms. The lowest BCUT2D eigenvalue weighted by molar-refractivity contribution is 0.477. The molecule has 25 heavy (non-hydrogen) atoms. The van der Waals surface area contributed by atoms with E-state index in [2.05, 4.69) is 27.8 Å². The summed E-state index contributed by atoms with van der Waals surface area (Å²) in [7, 11) is -3.59. The fourth-order valence-corrected chi connectivity index (χ4v) is 3.67. The molecule has 0 radical (unpaired) electrons. The Kier molecular flexibility index (Phi) is 7.45. The second-order valence-corrected chi connectivity index (χ2v) is 8.15. The summed E-state index contributed by atoms with van der Waals surface area (Å²) in [4.78, 5) is 0.266. The summed E-state index contributed by atoms with van der Waals surface area (Å²) < 4.78 is 28.0. The van der Waals surface area contributed by atoms with Crippen LogP contribution < -0.4 is 0 Å². The Hall–Kier alpha value is -1.87. The van der Waals surface area contributed by atoms with E-state index in [0.29, 0.717) is 6.54 Å². The molecule has 3 nitrogen and oxygen atoms in total. The molecule has 0 aliphatic heterocycles. The molecule has 0 heterocycles. The third-order valence-corrected chi connectivity index (χ3v) is 5.78. The van der Waals surface area contributed by atoms with Crippen LogP contribution >= 0.6 is 15.9 Å². The zero-order chi connectivity index (χ0) is 18.1. The van der Waals surface area contributed by atoms with Crippen molar-refractivity contribution in [3.63, 3.8) is 0 Å². The third kappa shape index (κ3) is 5.86. The Bertz CT molecular complexity index is 863. The van der Waals surface area contributed by atoms with Crippen molar-refractivity contribution in [3.8, 4) is 11.8 Å². The highest BCUT2D eigenvalue weighted by Gasteiger charge is 2.22. The zero-order valence-corrected chi connectivity index (χ0v) is 16.4. The number of allylic oxidation sites excluding steroid dienone is 1. The Labute approximate surface area is 158 Å². The number of halogens is 1. The summed E-state index contributed by atoms with van der Waals surface area (Å²) in [5, 5.41) is 0. The van der Waals surface area contributed by atoms with E-state index in [0.717, 1.165) is 16.5 Å². The van der Waals surface area contributed by atoms with Gasteiger partial charge in [-0.3, -0.25) is 0 Å². The average Bonchev–Trinajstić information content (AvgIpc) is 2.62. The van der Waals surface area contributed by atoms with Crippen molar-refractivity contribution in [1.82, 2.24) is 4.31 Å². The molecule has 0 aromatic heterocycles. The predicted molar refractivity (Wildman–Crippen MR) is 106 cm³/mol. The number of hydrogen-bond donors (Lipinski definition) is 0. The van der Waals surface area contributed by atoms with Crippen LogP contribution in [0.5, 0.6) is 0 Å². The van der Waals surface area contributed by atoms with Gasteiger partial charge in [-0.05, 0) is 42.8 Å². The highest BCUT2D eigenvalue weighted by molar-refractivity contribution is 9.10. The van der Waals surface area contributed by atoms with Crippen molar-refractivity contribution in [2.45, 2.75) is 18.2 Å². The third-order valence-electron chi connectivity index (χ3n) is 3.42. The smallest absolute Gasteiger partial charge is 0.207 e. The van der Waals surface area contributed by atoms with Crippen molar-refractivity contribution in [3.05, 3.63) is 76.8 Å². The Balaban J connectivity index is 2.24. The Morgan fingerprint density at radius 2 is 1.72 bits per heavy atom. The van der Waals surface area contributed by atoms with Gasteiger partial charge in [0.25, 0.3) is 0 Å². The molecular formula is C20H20BrNO2S. The van der Waals surface area contributed by atoms with Gasteiger partial charge in [0, 0.05) is 16.6 Å². The molecule has 0 atom stereocenters. The summed E-state index contributed by atoms with van der Waals surface area (Å²) in [6, 6.07) is 16.2. The van der Waals surface area contributed by atoms with Crippen LogP contribution in [0.25, 0.3) is 0 Å². The number of sulfonamides is 1. The molecule has 0 fully saturated rings. The summed E-state index contributed by atoms with van der Waals surface area (Å²) >= 11 is 3.33. The molecule has 0 unspecified atom stereocenters. The van der Waals surface area contributed by atoms with Gasteiger partial charge in [-0.2, -0.15) is 4.31 Å². The standard InChI is InChI=1S/C20H20BrNO2S/c1-2-3-7-16-22(17-8-11-18-9-5-4-6-10-18)25(23,24)20-14-12-19(21)13-15-20/h3-7,9-10,12-15H,2,16-17H2,1H3. The largest absolute Gasteiger partial charge is 0.244 e. The highest BCUT2D eigenvalue weighted by Crippen LogP contribution is 2.18. The maximum atomic E-state index is 12.9. The Morgan fingerprint density at radius 1 is 1.04 bits per heavy atom. The lowest BCUT2D eigenvalue weighted by Gasteiger charge is -2.18. The van der Waals surface area contributed by atoms with E-state index < -0.39 is 10.0 Å². The average molecular weight is 418 g/mol. The van der Waals surface area contributed by atoms with Gasteiger partial charge in [0.1, 0.15) is 0 Å². The number of nitrogens with zero attached hydrogens (tertiary/aromatic N) is 1. The van der Waals surface area contributed by atoms with Gasteiger partial charge in [0.15, 0.2) is 0 Å². The first-order valence-corrected chi connectivity index (χ1v) is 10.2. The van der Waals surface area contributed by atoms with Gasteiger partial charge in [-0.25, -0.2) is 8.42 Å². The number of benzene rings is 2. The minimum atomic E-state index is -3.59. The molecular weight excluding hydrogens is 398 g/mol. The van der Waals surface area contributed by atoms with Gasteiger partial charge in [-0.15, -0.1) is 0 Å². The number of hydrogen-bond acceptors (Lipinski definition) is 2. The highest BCUT2D eigenvalue weighted by atomic mass is 79.9. The minimum absolute atomic E-state index is 0.140. The first-order valence-electron chi connectivity index (χ1n) is 7.98. The first-order chi connectivity index (χ1) is 12.0. The van der Waals surface area contributed by atoms with E-state index in [-0.39, 0.29) is 11.4 Å².